The Bertz CT molecular complexity index is 520. The van der Waals surface area contributed by atoms with Crippen molar-refractivity contribution in [2.75, 3.05) is 20.6 Å². The van der Waals surface area contributed by atoms with Crippen LogP contribution in [0.25, 0.3) is 0 Å². The molecule has 6 nitrogen and oxygen atoms in total. The Kier molecular flexibility index (Phi) is 5.29. The molecule has 0 spiro atoms. The van der Waals surface area contributed by atoms with E-state index in [0.29, 0.717) is 12.1 Å². The minimum atomic E-state index is -0.227. The predicted molar refractivity (Wildman–Crippen MR) is 72.0 cm³/mol. The molecule has 104 valence electrons. The number of pyridine rings is 1. The Hall–Kier alpha value is -2.11. The predicted octanol–water partition coefficient (Wildman–Crippen LogP) is 0.0763. The van der Waals surface area contributed by atoms with E-state index >= 15 is 0 Å². The minimum absolute atomic E-state index is 0.0599. The summed E-state index contributed by atoms with van der Waals surface area (Å²) in [4.78, 5) is 36.2. The first-order valence-electron chi connectivity index (χ1n) is 6.14. The van der Waals surface area contributed by atoms with Crippen LogP contribution in [0.4, 0.5) is 0 Å². The van der Waals surface area contributed by atoms with Gasteiger partial charge in [-0.2, -0.15) is 0 Å². The van der Waals surface area contributed by atoms with E-state index in [1.165, 1.54) is 27.8 Å². The molecule has 0 radical (unpaired) electrons. The van der Waals surface area contributed by atoms with Crippen LogP contribution in [0.1, 0.15) is 23.7 Å². The monoisotopic (exact) mass is 265 g/mol. The van der Waals surface area contributed by atoms with Gasteiger partial charge in [-0.3, -0.25) is 14.4 Å². The maximum absolute atomic E-state index is 11.7. The van der Waals surface area contributed by atoms with E-state index in [1.807, 2.05) is 6.92 Å². The summed E-state index contributed by atoms with van der Waals surface area (Å²) in [5.41, 5.74) is 0.193. The fraction of sp³-hybridized carbons (Fsp3) is 0.462. The van der Waals surface area contributed by atoms with Gasteiger partial charge in [0.2, 0.25) is 5.91 Å². The third kappa shape index (κ3) is 4.24. The zero-order chi connectivity index (χ0) is 14.4. The summed E-state index contributed by atoms with van der Waals surface area (Å²) >= 11 is 0. The quantitative estimate of drug-likeness (QED) is 0.819. The molecule has 0 fully saturated rings. The largest absolute Gasteiger partial charge is 0.352 e. The maximum atomic E-state index is 11.7. The van der Waals surface area contributed by atoms with E-state index < -0.39 is 0 Å². The molecule has 0 saturated heterocycles. The van der Waals surface area contributed by atoms with Crippen LogP contribution in [-0.4, -0.2) is 41.9 Å². The summed E-state index contributed by atoms with van der Waals surface area (Å²) in [6.07, 6.45) is 1.71. The molecule has 1 aromatic rings. The molecule has 0 atom stereocenters. The van der Waals surface area contributed by atoms with Gasteiger partial charge in [-0.25, -0.2) is 0 Å². The number of rotatable bonds is 5. The molecule has 1 aromatic heterocycles. The zero-order valence-electron chi connectivity index (χ0n) is 11.5. The molecule has 2 amide bonds. The van der Waals surface area contributed by atoms with Crippen molar-refractivity contribution in [2.45, 2.75) is 19.9 Å². The van der Waals surface area contributed by atoms with Crippen LogP contribution in [0.5, 0.6) is 0 Å². The molecule has 1 rings (SSSR count). The second kappa shape index (κ2) is 6.72. The van der Waals surface area contributed by atoms with Crippen LogP contribution >= 0.6 is 0 Å². The Labute approximate surface area is 112 Å². The summed E-state index contributed by atoms with van der Waals surface area (Å²) in [5.74, 6) is -0.287. The van der Waals surface area contributed by atoms with E-state index in [1.54, 1.807) is 14.1 Å². The number of nitrogens with one attached hydrogen (secondary N) is 1. The van der Waals surface area contributed by atoms with Crippen LogP contribution in [0.15, 0.2) is 23.1 Å². The fourth-order valence-corrected chi connectivity index (χ4v) is 1.54. The molecular weight excluding hydrogens is 246 g/mol. The SMILES string of the molecule is CCNC(=O)c1ccc(=O)n(CCC(=O)N(C)C)c1. The van der Waals surface area contributed by atoms with Crippen molar-refractivity contribution in [3.05, 3.63) is 34.2 Å². The smallest absolute Gasteiger partial charge is 0.252 e. The molecular formula is C13H19N3O3. The van der Waals surface area contributed by atoms with Crippen molar-refractivity contribution < 1.29 is 9.59 Å². The van der Waals surface area contributed by atoms with E-state index in [2.05, 4.69) is 5.32 Å². The molecule has 19 heavy (non-hydrogen) atoms. The van der Waals surface area contributed by atoms with Gasteiger partial charge in [-0.05, 0) is 13.0 Å². The molecule has 0 aromatic carbocycles. The highest BCUT2D eigenvalue weighted by Crippen LogP contribution is 1.98. The average Bonchev–Trinajstić information content (AvgIpc) is 2.37. The van der Waals surface area contributed by atoms with Crippen molar-refractivity contribution in [1.82, 2.24) is 14.8 Å². The highest BCUT2D eigenvalue weighted by molar-refractivity contribution is 5.93. The van der Waals surface area contributed by atoms with E-state index in [0.717, 1.165) is 0 Å². The average molecular weight is 265 g/mol. The highest BCUT2D eigenvalue weighted by atomic mass is 16.2. The van der Waals surface area contributed by atoms with Gasteiger partial charge in [0.05, 0.1) is 5.56 Å². The summed E-state index contributed by atoms with van der Waals surface area (Å²) in [6.45, 7) is 2.61. The maximum Gasteiger partial charge on any atom is 0.252 e. The highest BCUT2D eigenvalue weighted by Gasteiger charge is 2.08. The lowest BCUT2D eigenvalue weighted by molar-refractivity contribution is -0.128. The van der Waals surface area contributed by atoms with Gasteiger partial charge in [0.15, 0.2) is 0 Å². The van der Waals surface area contributed by atoms with E-state index in [-0.39, 0.29) is 30.3 Å². The topological polar surface area (TPSA) is 71.4 Å². The molecule has 0 aliphatic rings. The van der Waals surface area contributed by atoms with E-state index in [9.17, 15) is 14.4 Å². The fourth-order valence-electron chi connectivity index (χ4n) is 1.54. The van der Waals surface area contributed by atoms with E-state index in [4.69, 9.17) is 0 Å². The first-order valence-corrected chi connectivity index (χ1v) is 6.14. The second-order valence-corrected chi connectivity index (χ2v) is 4.35. The third-order valence-electron chi connectivity index (χ3n) is 2.65. The molecule has 0 unspecified atom stereocenters. The second-order valence-electron chi connectivity index (χ2n) is 4.35. The van der Waals surface area contributed by atoms with Gasteiger partial charge in [0, 0.05) is 45.9 Å². The lowest BCUT2D eigenvalue weighted by Crippen LogP contribution is -2.28. The van der Waals surface area contributed by atoms with Crippen LogP contribution in [0.2, 0.25) is 0 Å². The molecule has 1 heterocycles. The Morgan fingerprint density at radius 3 is 2.58 bits per heavy atom. The van der Waals surface area contributed by atoms with Crippen molar-refractivity contribution in [1.29, 1.82) is 0 Å². The van der Waals surface area contributed by atoms with Gasteiger partial charge < -0.3 is 14.8 Å². The Morgan fingerprint density at radius 2 is 2.00 bits per heavy atom. The number of nitrogens with zero attached hydrogens (tertiary/aromatic N) is 2. The molecule has 0 bridgehead atoms. The minimum Gasteiger partial charge on any atom is -0.352 e. The van der Waals surface area contributed by atoms with Crippen LogP contribution in [0, 0.1) is 0 Å². The Balaban J connectivity index is 2.83. The Morgan fingerprint density at radius 1 is 1.32 bits per heavy atom. The molecule has 0 aliphatic carbocycles. The van der Waals surface area contributed by atoms with Gasteiger partial charge in [0.25, 0.3) is 11.5 Å². The number of hydrogen-bond donors (Lipinski definition) is 1. The number of aromatic nitrogens is 1. The number of aryl methyl sites for hydroxylation is 1. The summed E-state index contributed by atoms with van der Waals surface area (Å²) < 4.78 is 1.38. The molecule has 1 N–H and O–H groups in total. The number of carbonyl (C=O) groups is 2. The van der Waals surface area contributed by atoms with Crippen molar-refractivity contribution >= 4 is 11.8 Å². The normalized spacial score (nSPS) is 10.1. The van der Waals surface area contributed by atoms with Crippen molar-refractivity contribution in [3.63, 3.8) is 0 Å². The number of hydrogen-bond acceptors (Lipinski definition) is 3. The van der Waals surface area contributed by atoms with Crippen LogP contribution in [-0.2, 0) is 11.3 Å². The zero-order valence-corrected chi connectivity index (χ0v) is 11.5. The number of carbonyl (C=O) groups excluding carboxylic acids is 2. The summed E-state index contributed by atoms with van der Waals surface area (Å²) in [5, 5.41) is 2.66. The standard InChI is InChI=1S/C13H19N3O3/c1-4-14-13(19)10-5-6-12(18)16(9-10)8-7-11(17)15(2)3/h5-6,9H,4,7-8H2,1-3H3,(H,14,19). The molecule has 0 aliphatic heterocycles. The van der Waals surface area contributed by atoms with Crippen molar-refractivity contribution in [3.8, 4) is 0 Å². The number of amides is 2. The first-order chi connectivity index (χ1) is 8.95. The molecule has 0 saturated carbocycles. The third-order valence-corrected chi connectivity index (χ3v) is 2.65. The van der Waals surface area contributed by atoms with Crippen LogP contribution in [0.3, 0.4) is 0 Å². The van der Waals surface area contributed by atoms with Gasteiger partial charge >= 0.3 is 0 Å². The van der Waals surface area contributed by atoms with Gasteiger partial charge in [0.1, 0.15) is 0 Å². The summed E-state index contributed by atoms with van der Waals surface area (Å²) in [6, 6.07) is 2.82. The van der Waals surface area contributed by atoms with Crippen molar-refractivity contribution in [2.24, 2.45) is 0 Å². The van der Waals surface area contributed by atoms with Gasteiger partial charge in [-0.15, -0.1) is 0 Å². The lowest BCUT2D eigenvalue weighted by Gasteiger charge is -2.11. The first kappa shape index (κ1) is 14.9. The molecule has 6 heteroatoms. The van der Waals surface area contributed by atoms with Crippen LogP contribution < -0.4 is 10.9 Å². The summed E-state index contributed by atoms with van der Waals surface area (Å²) in [7, 11) is 3.33. The lowest BCUT2D eigenvalue weighted by atomic mass is 10.2. The van der Waals surface area contributed by atoms with Gasteiger partial charge in [-0.1, -0.05) is 0 Å².